The van der Waals surface area contributed by atoms with Crippen molar-refractivity contribution >= 4 is 35.1 Å². The molecule has 1 aromatic carbocycles. The Balaban J connectivity index is 1.71. The molecule has 23 heavy (non-hydrogen) atoms. The van der Waals surface area contributed by atoms with Gasteiger partial charge in [-0.1, -0.05) is 11.6 Å². The lowest BCUT2D eigenvalue weighted by Gasteiger charge is -2.16. The summed E-state index contributed by atoms with van der Waals surface area (Å²) in [6.07, 6.45) is 0.0412. The maximum absolute atomic E-state index is 13.5. The van der Waals surface area contributed by atoms with Crippen molar-refractivity contribution in [1.29, 1.82) is 0 Å². The average Bonchev–Trinajstić information content (AvgIpc) is 3.08. The van der Waals surface area contributed by atoms with Gasteiger partial charge in [0.25, 0.3) is 0 Å². The van der Waals surface area contributed by atoms with Crippen LogP contribution in [0.25, 0.3) is 0 Å². The number of aromatic nitrogens is 3. The molecule has 120 valence electrons. The van der Waals surface area contributed by atoms with Crippen LogP contribution in [0.1, 0.15) is 12.2 Å². The van der Waals surface area contributed by atoms with Crippen LogP contribution in [0.3, 0.4) is 0 Å². The molecular formula is C14H13ClFN5O2. The van der Waals surface area contributed by atoms with E-state index in [9.17, 15) is 14.0 Å². The van der Waals surface area contributed by atoms with E-state index in [0.717, 1.165) is 0 Å². The zero-order chi connectivity index (χ0) is 16.6. The quantitative estimate of drug-likeness (QED) is 0.895. The molecule has 9 heteroatoms. The molecule has 0 spiro atoms. The van der Waals surface area contributed by atoms with Gasteiger partial charge in [-0.3, -0.25) is 20.0 Å². The summed E-state index contributed by atoms with van der Waals surface area (Å²) in [5.74, 6) is -1.04. The number of halogens is 2. The van der Waals surface area contributed by atoms with E-state index in [0.29, 0.717) is 11.5 Å². The second-order valence-electron chi connectivity index (χ2n) is 5.24. The molecule has 1 atom stereocenters. The van der Waals surface area contributed by atoms with Crippen LogP contribution in [0.4, 0.5) is 16.0 Å². The molecule has 2 heterocycles. The summed E-state index contributed by atoms with van der Waals surface area (Å²) in [6, 6.07) is 4.10. The van der Waals surface area contributed by atoms with Gasteiger partial charge < -0.3 is 4.90 Å². The fraction of sp³-hybridized carbons (Fsp3) is 0.286. The molecule has 2 aromatic rings. The van der Waals surface area contributed by atoms with Crippen LogP contribution in [0.2, 0.25) is 5.02 Å². The Morgan fingerprint density at radius 3 is 2.96 bits per heavy atom. The molecule has 1 fully saturated rings. The zero-order valence-electron chi connectivity index (χ0n) is 12.1. The first-order chi connectivity index (χ1) is 10.9. The molecule has 0 aliphatic carbocycles. The number of aryl methyl sites for hydroxylation is 1. The van der Waals surface area contributed by atoms with Gasteiger partial charge in [-0.25, -0.2) is 4.39 Å². The van der Waals surface area contributed by atoms with E-state index in [1.807, 2.05) is 0 Å². The van der Waals surface area contributed by atoms with Gasteiger partial charge in [0.2, 0.25) is 17.8 Å². The van der Waals surface area contributed by atoms with Crippen molar-refractivity contribution in [3.05, 3.63) is 34.9 Å². The van der Waals surface area contributed by atoms with Crippen molar-refractivity contribution in [2.45, 2.75) is 13.3 Å². The lowest BCUT2D eigenvalue weighted by Crippen LogP contribution is -2.28. The highest BCUT2D eigenvalue weighted by molar-refractivity contribution is 6.30. The largest absolute Gasteiger partial charge is 0.311 e. The average molecular weight is 338 g/mol. The lowest BCUT2D eigenvalue weighted by molar-refractivity contribution is -0.122. The van der Waals surface area contributed by atoms with Crippen LogP contribution >= 0.6 is 11.6 Å². The van der Waals surface area contributed by atoms with Gasteiger partial charge in [0.1, 0.15) is 11.6 Å². The van der Waals surface area contributed by atoms with Gasteiger partial charge in [0.05, 0.1) is 10.9 Å². The van der Waals surface area contributed by atoms with E-state index in [1.54, 1.807) is 13.0 Å². The van der Waals surface area contributed by atoms with E-state index in [1.165, 1.54) is 17.0 Å². The van der Waals surface area contributed by atoms with Gasteiger partial charge in [-0.15, -0.1) is 5.10 Å². The Morgan fingerprint density at radius 2 is 2.30 bits per heavy atom. The number of nitrogens with zero attached hydrogens (tertiary/aromatic N) is 3. The van der Waals surface area contributed by atoms with E-state index in [4.69, 9.17) is 11.6 Å². The molecule has 0 unspecified atom stereocenters. The molecule has 2 N–H and O–H groups in total. The minimum Gasteiger partial charge on any atom is -0.311 e. The third kappa shape index (κ3) is 3.16. The van der Waals surface area contributed by atoms with Gasteiger partial charge in [0, 0.05) is 18.7 Å². The van der Waals surface area contributed by atoms with E-state index >= 15 is 0 Å². The Morgan fingerprint density at radius 1 is 1.52 bits per heavy atom. The Kier molecular flexibility index (Phi) is 3.99. The summed E-state index contributed by atoms with van der Waals surface area (Å²) < 4.78 is 13.5. The van der Waals surface area contributed by atoms with Crippen LogP contribution in [0.5, 0.6) is 0 Å². The second-order valence-corrected chi connectivity index (χ2v) is 5.64. The van der Waals surface area contributed by atoms with Gasteiger partial charge >= 0.3 is 0 Å². The van der Waals surface area contributed by atoms with Crippen molar-refractivity contribution in [2.75, 3.05) is 16.8 Å². The molecular weight excluding hydrogens is 325 g/mol. The van der Waals surface area contributed by atoms with Crippen LogP contribution < -0.4 is 10.2 Å². The monoisotopic (exact) mass is 337 g/mol. The van der Waals surface area contributed by atoms with Crippen LogP contribution in [0.15, 0.2) is 18.2 Å². The summed E-state index contributed by atoms with van der Waals surface area (Å²) in [5.41, 5.74) is 0.376. The fourth-order valence-electron chi connectivity index (χ4n) is 2.40. The summed E-state index contributed by atoms with van der Waals surface area (Å²) in [7, 11) is 0. The number of nitrogens with one attached hydrogen (secondary N) is 2. The molecule has 0 saturated carbocycles. The summed E-state index contributed by atoms with van der Waals surface area (Å²) >= 11 is 5.64. The number of hydrogen-bond donors (Lipinski definition) is 2. The smallest absolute Gasteiger partial charge is 0.248 e. The van der Waals surface area contributed by atoms with Crippen LogP contribution in [-0.4, -0.2) is 33.5 Å². The van der Waals surface area contributed by atoms with Crippen molar-refractivity contribution in [1.82, 2.24) is 15.2 Å². The zero-order valence-corrected chi connectivity index (χ0v) is 12.9. The standard InChI is InChI=1S/C14H13ClFN5O2/c1-7-17-14(20-19-7)18-13(23)8-4-12(22)21(6-8)9-2-3-10(15)11(16)5-9/h2-3,5,8H,4,6H2,1H3,(H2,17,18,19,20,23)/t8-/m1/s1. The molecule has 7 nitrogen and oxygen atoms in total. The van der Waals surface area contributed by atoms with Gasteiger partial charge in [-0.05, 0) is 25.1 Å². The third-order valence-electron chi connectivity index (χ3n) is 3.54. The lowest BCUT2D eigenvalue weighted by atomic mass is 10.1. The number of amides is 2. The maximum atomic E-state index is 13.5. The van der Waals surface area contributed by atoms with Gasteiger partial charge in [-0.2, -0.15) is 4.98 Å². The highest BCUT2D eigenvalue weighted by atomic mass is 35.5. The Bertz CT molecular complexity index is 778. The maximum Gasteiger partial charge on any atom is 0.248 e. The molecule has 1 aromatic heterocycles. The minimum absolute atomic E-state index is 0.0188. The van der Waals surface area contributed by atoms with Crippen LogP contribution in [0, 0.1) is 18.7 Å². The SMILES string of the molecule is Cc1nc(NC(=O)[C@@H]2CC(=O)N(c3ccc(Cl)c(F)c3)C2)n[nH]1. The number of carbonyl (C=O) groups is 2. The highest BCUT2D eigenvalue weighted by Crippen LogP contribution is 2.28. The molecule has 1 saturated heterocycles. The number of aromatic amines is 1. The minimum atomic E-state index is -0.610. The number of anilines is 2. The summed E-state index contributed by atoms with van der Waals surface area (Å²) in [5, 5.41) is 8.96. The number of hydrogen-bond acceptors (Lipinski definition) is 4. The van der Waals surface area contributed by atoms with E-state index < -0.39 is 11.7 Å². The molecule has 2 amide bonds. The second kappa shape index (κ2) is 5.96. The van der Waals surface area contributed by atoms with Crippen molar-refractivity contribution in [3.63, 3.8) is 0 Å². The number of H-pyrrole nitrogens is 1. The topological polar surface area (TPSA) is 91.0 Å². The number of benzene rings is 1. The summed E-state index contributed by atoms with van der Waals surface area (Å²) in [6.45, 7) is 1.87. The molecule has 1 aliphatic rings. The summed E-state index contributed by atoms with van der Waals surface area (Å²) in [4.78, 5) is 29.6. The molecule has 0 radical (unpaired) electrons. The Hall–Kier alpha value is -2.48. The molecule has 0 bridgehead atoms. The Labute approximate surface area is 135 Å². The van der Waals surface area contributed by atoms with Gasteiger partial charge in [0.15, 0.2) is 0 Å². The normalized spacial score (nSPS) is 17.6. The first-order valence-electron chi connectivity index (χ1n) is 6.89. The van der Waals surface area contributed by atoms with Crippen LogP contribution in [-0.2, 0) is 9.59 Å². The first-order valence-corrected chi connectivity index (χ1v) is 7.27. The van der Waals surface area contributed by atoms with Crippen molar-refractivity contribution < 1.29 is 14.0 Å². The highest BCUT2D eigenvalue weighted by Gasteiger charge is 2.35. The number of rotatable bonds is 3. The predicted octanol–water partition coefficient (Wildman–Crippen LogP) is 1.90. The fourth-order valence-corrected chi connectivity index (χ4v) is 2.51. The third-order valence-corrected chi connectivity index (χ3v) is 3.85. The molecule has 3 rings (SSSR count). The molecule has 1 aliphatic heterocycles. The van der Waals surface area contributed by atoms with Crippen molar-refractivity contribution in [3.8, 4) is 0 Å². The van der Waals surface area contributed by atoms with E-state index in [2.05, 4.69) is 20.5 Å². The first kappa shape index (κ1) is 15.4. The van der Waals surface area contributed by atoms with Crippen molar-refractivity contribution in [2.24, 2.45) is 5.92 Å². The number of carbonyl (C=O) groups excluding carboxylic acids is 2. The predicted molar refractivity (Wildman–Crippen MR) is 81.6 cm³/mol. The van der Waals surface area contributed by atoms with E-state index in [-0.39, 0.29) is 35.8 Å².